The summed E-state index contributed by atoms with van der Waals surface area (Å²) in [5.41, 5.74) is 2.05. The molecule has 1 N–H and O–H groups in total. The first-order valence-corrected chi connectivity index (χ1v) is 7.28. The molecule has 2 amide bonds. The standard InChI is InChI=1S/C16H21N3O/c1-2-6-14-8-3-4-9-15(14)18-16(20)19-10-5-7-13(11-17)12-19/h3-4,8-9,13H,2,5-7,10,12H2,1H3,(H,18,20). The van der Waals surface area contributed by atoms with Crippen molar-refractivity contribution in [1.82, 2.24) is 4.90 Å². The van der Waals surface area contributed by atoms with Gasteiger partial charge in [-0.3, -0.25) is 0 Å². The van der Waals surface area contributed by atoms with E-state index in [-0.39, 0.29) is 11.9 Å². The average Bonchev–Trinajstić information content (AvgIpc) is 2.49. The number of carbonyl (C=O) groups is 1. The molecule has 0 aromatic heterocycles. The number of hydrogen-bond acceptors (Lipinski definition) is 2. The van der Waals surface area contributed by atoms with E-state index in [1.54, 1.807) is 4.90 Å². The van der Waals surface area contributed by atoms with Crippen molar-refractivity contribution in [2.75, 3.05) is 18.4 Å². The van der Waals surface area contributed by atoms with E-state index in [9.17, 15) is 4.79 Å². The maximum atomic E-state index is 12.3. The van der Waals surface area contributed by atoms with Crippen LogP contribution in [0.2, 0.25) is 0 Å². The van der Waals surface area contributed by atoms with Gasteiger partial charge in [0.25, 0.3) is 0 Å². The summed E-state index contributed by atoms with van der Waals surface area (Å²) in [7, 11) is 0. The molecule has 1 aliphatic rings. The molecule has 1 unspecified atom stereocenters. The van der Waals surface area contributed by atoms with E-state index in [1.165, 1.54) is 0 Å². The lowest BCUT2D eigenvalue weighted by molar-refractivity contribution is 0.189. The zero-order chi connectivity index (χ0) is 14.4. The fraction of sp³-hybridized carbons (Fsp3) is 0.500. The van der Waals surface area contributed by atoms with Crippen LogP contribution in [0.1, 0.15) is 31.7 Å². The third kappa shape index (κ3) is 3.51. The van der Waals surface area contributed by atoms with Gasteiger partial charge in [0, 0.05) is 18.8 Å². The van der Waals surface area contributed by atoms with Gasteiger partial charge >= 0.3 is 6.03 Å². The smallest absolute Gasteiger partial charge is 0.321 e. The van der Waals surface area contributed by atoms with Gasteiger partial charge in [-0.1, -0.05) is 31.5 Å². The molecule has 0 bridgehead atoms. The lowest BCUT2D eigenvalue weighted by atomic mass is 10.0. The van der Waals surface area contributed by atoms with E-state index >= 15 is 0 Å². The molecule has 0 radical (unpaired) electrons. The Labute approximate surface area is 120 Å². The highest BCUT2D eigenvalue weighted by molar-refractivity contribution is 5.90. The number of anilines is 1. The maximum absolute atomic E-state index is 12.3. The fourth-order valence-electron chi connectivity index (χ4n) is 2.59. The first-order chi connectivity index (χ1) is 9.74. The number of piperidine rings is 1. The molecule has 4 heteroatoms. The Bertz CT molecular complexity index is 507. The van der Waals surface area contributed by atoms with Crippen LogP contribution in [0.5, 0.6) is 0 Å². The van der Waals surface area contributed by atoms with Gasteiger partial charge in [0.15, 0.2) is 0 Å². The number of nitrogens with one attached hydrogen (secondary N) is 1. The molecule has 0 spiro atoms. The molecule has 0 aliphatic carbocycles. The summed E-state index contributed by atoms with van der Waals surface area (Å²) in [5, 5.41) is 12.0. The second-order valence-corrected chi connectivity index (χ2v) is 5.25. The molecule has 1 fully saturated rings. The normalized spacial score (nSPS) is 18.4. The van der Waals surface area contributed by atoms with Crippen LogP contribution in [0, 0.1) is 17.2 Å². The number of nitriles is 1. The molecule has 0 saturated carbocycles. The van der Waals surface area contributed by atoms with Crippen LogP contribution >= 0.6 is 0 Å². The molecule has 1 aliphatic heterocycles. The Kier molecular flexibility index (Phi) is 5.00. The Morgan fingerprint density at radius 3 is 3.05 bits per heavy atom. The summed E-state index contributed by atoms with van der Waals surface area (Å²) in [5.74, 6) is -0.0274. The molecule has 1 aromatic rings. The summed E-state index contributed by atoms with van der Waals surface area (Å²) in [6.07, 6.45) is 3.80. The number of likely N-dealkylation sites (tertiary alicyclic amines) is 1. The molecule has 1 heterocycles. The minimum absolute atomic E-state index is 0.0274. The van der Waals surface area contributed by atoms with Crippen LogP contribution in [-0.2, 0) is 6.42 Å². The van der Waals surface area contributed by atoms with Crippen LogP contribution in [0.15, 0.2) is 24.3 Å². The van der Waals surface area contributed by atoms with Crippen molar-refractivity contribution in [3.63, 3.8) is 0 Å². The Balaban J connectivity index is 2.02. The van der Waals surface area contributed by atoms with Gasteiger partial charge in [0.1, 0.15) is 0 Å². The summed E-state index contributed by atoms with van der Waals surface area (Å²) in [6, 6.07) is 10.1. The van der Waals surface area contributed by atoms with E-state index in [1.807, 2.05) is 24.3 Å². The molecule has 20 heavy (non-hydrogen) atoms. The van der Waals surface area contributed by atoms with Gasteiger partial charge in [0.05, 0.1) is 12.0 Å². The Hall–Kier alpha value is -2.02. The number of urea groups is 1. The number of rotatable bonds is 3. The molecule has 1 atom stereocenters. The highest BCUT2D eigenvalue weighted by atomic mass is 16.2. The predicted octanol–water partition coefficient (Wildman–Crippen LogP) is 3.41. The van der Waals surface area contributed by atoms with Crippen LogP contribution in [-0.4, -0.2) is 24.0 Å². The highest BCUT2D eigenvalue weighted by Gasteiger charge is 2.23. The number of para-hydroxylation sites is 1. The van der Waals surface area contributed by atoms with Gasteiger partial charge in [-0.15, -0.1) is 0 Å². The largest absolute Gasteiger partial charge is 0.323 e. The first kappa shape index (κ1) is 14.4. The van der Waals surface area contributed by atoms with Crippen LogP contribution in [0.25, 0.3) is 0 Å². The third-order valence-corrected chi connectivity index (χ3v) is 3.67. The van der Waals surface area contributed by atoms with Gasteiger partial charge in [-0.05, 0) is 30.9 Å². The van der Waals surface area contributed by atoms with Crippen molar-refractivity contribution >= 4 is 11.7 Å². The lowest BCUT2D eigenvalue weighted by Crippen LogP contribution is -2.42. The average molecular weight is 271 g/mol. The number of benzene rings is 1. The summed E-state index contributed by atoms with van der Waals surface area (Å²) >= 11 is 0. The van der Waals surface area contributed by atoms with Crippen molar-refractivity contribution in [1.29, 1.82) is 5.26 Å². The zero-order valence-electron chi connectivity index (χ0n) is 11.9. The minimum atomic E-state index is -0.0893. The summed E-state index contributed by atoms with van der Waals surface area (Å²) < 4.78 is 0. The van der Waals surface area contributed by atoms with E-state index in [4.69, 9.17) is 5.26 Å². The highest BCUT2D eigenvalue weighted by Crippen LogP contribution is 2.20. The molecule has 2 rings (SSSR count). The molecule has 4 nitrogen and oxygen atoms in total. The molecular formula is C16H21N3O. The van der Waals surface area contributed by atoms with Crippen molar-refractivity contribution in [2.24, 2.45) is 5.92 Å². The van der Waals surface area contributed by atoms with E-state index in [0.717, 1.165) is 43.5 Å². The number of hydrogen-bond donors (Lipinski definition) is 1. The van der Waals surface area contributed by atoms with E-state index < -0.39 is 0 Å². The molecule has 1 aromatic carbocycles. The monoisotopic (exact) mass is 271 g/mol. The van der Waals surface area contributed by atoms with Gasteiger partial charge in [-0.2, -0.15) is 5.26 Å². The van der Waals surface area contributed by atoms with Crippen LogP contribution < -0.4 is 5.32 Å². The SMILES string of the molecule is CCCc1ccccc1NC(=O)N1CCCC(C#N)C1. The predicted molar refractivity (Wildman–Crippen MR) is 79.4 cm³/mol. The second-order valence-electron chi connectivity index (χ2n) is 5.25. The van der Waals surface area contributed by atoms with E-state index in [0.29, 0.717) is 6.54 Å². The number of nitrogens with zero attached hydrogens (tertiary/aromatic N) is 2. The fourth-order valence-corrected chi connectivity index (χ4v) is 2.59. The van der Waals surface area contributed by atoms with Crippen molar-refractivity contribution < 1.29 is 4.79 Å². The molecule has 1 saturated heterocycles. The van der Waals surface area contributed by atoms with Crippen LogP contribution in [0.3, 0.4) is 0 Å². The zero-order valence-corrected chi connectivity index (χ0v) is 11.9. The van der Waals surface area contributed by atoms with Gasteiger partial charge in [0.2, 0.25) is 0 Å². The third-order valence-electron chi connectivity index (χ3n) is 3.67. The number of carbonyl (C=O) groups excluding carboxylic acids is 1. The van der Waals surface area contributed by atoms with Crippen molar-refractivity contribution in [3.8, 4) is 6.07 Å². The first-order valence-electron chi connectivity index (χ1n) is 7.28. The second kappa shape index (κ2) is 6.95. The van der Waals surface area contributed by atoms with Gasteiger partial charge in [-0.25, -0.2) is 4.79 Å². The van der Waals surface area contributed by atoms with Gasteiger partial charge < -0.3 is 10.2 Å². The molecular weight excluding hydrogens is 250 g/mol. The number of amides is 2. The number of aryl methyl sites for hydroxylation is 1. The topological polar surface area (TPSA) is 56.1 Å². The van der Waals surface area contributed by atoms with Crippen molar-refractivity contribution in [2.45, 2.75) is 32.6 Å². The summed E-state index contributed by atoms with van der Waals surface area (Å²) in [4.78, 5) is 14.0. The quantitative estimate of drug-likeness (QED) is 0.916. The maximum Gasteiger partial charge on any atom is 0.321 e. The summed E-state index contributed by atoms with van der Waals surface area (Å²) in [6.45, 7) is 3.40. The lowest BCUT2D eigenvalue weighted by Gasteiger charge is -2.29. The Morgan fingerprint density at radius 1 is 1.50 bits per heavy atom. The van der Waals surface area contributed by atoms with E-state index in [2.05, 4.69) is 18.3 Å². The minimum Gasteiger partial charge on any atom is -0.323 e. The van der Waals surface area contributed by atoms with Crippen molar-refractivity contribution in [3.05, 3.63) is 29.8 Å². The molecule has 106 valence electrons. The van der Waals surface area contributed by atoms with Crippen LogP contribution in [0.4, 0.5) is 10.5 Å². The Morgan fingerprint density at radius 2 is 2.30 bits per heavy atom.